The summed E-state index contributed by atoms with van der Waals surface area (Å²) in [4.78, 5) is 0. The maximum atomic E-state index is 7.49. The smallest absolute Gasteiger partial charge is 0.0595 e. The van der Waals surface area contributed by atoms with Gasteiger partial charge in [-0.1, -0.05) is 36.2 Å². The molecular weight excluding hydrogens is 205 g/mol. The molecule has 0 aliphatic carbocycles. The number of halogens is 2. The van der Waals surface area contributed by atoms with Crippen molar-refractivity contribution in [2.24, 2.45) is 0 Å². The molecule has 1 aromatic rings. The van der Waals surface area contributed by atoms with E-state index in [2.05, 4.69) is 0 Å². The summed E-state index contributed by atoms with van der Waals surface area (Å²) in [6.45, 7) is 3.76. The number of nitrogens with one attached hydrogen (secondary N) is 1. The fourth-order valence-electron chi connectivity index (χ4n) is 1.03. The lowest BCUT2D eigenvalue weighted by molar-refractivity contribution is 1.00. The van der Waals surface area contributed by atoms with E-state index in [-0.39, 0.29) is 5.92 Å². The quantitative estimate of drug-likeness (QED) is 0.718. The summed E-state index contributed by atoms with van der Waals surface area (Å²) in [6.07, 6.45) is 0. The van der Waals surface area contributed by atoms with Crippen LogP contribution in [-0.4, -0.2) is 5.71 Å². The maximum Gasteiger partial charge on any atom is 0.0595 e. The summed E-state index contributed by atoms with van der Waals surface area (Å²) in [6, 6.07) is 5.47. The van der Waals surface area contributed by atoms with Crippen molar-refractivity contribution in [3.05, 3.63) is 33.8 Å². The Kier molecular flexibility index (Phi) is 3.34. The summed E-state index contributed by atoms with van der Waals surface area (Å²) >= 11 is 11.6. The lowest BCUT2D eigenvalue weighted by Gasteiger charge is -2.10. The lowest BCUT2D eigenvalue weighted by Crippen LogP contribution is -2.02. The molecule has 0 aliphatic rings. The number of hydrogen-bond acceptors (Lipinski definition) is 1. The Morgan fingerprint density at radius 1 is 1.31 bits per heavy atom. The number of rotatable bonds is 2. The third kappa shape index (κ3) is 2.45. The van der Waals surface area contributed by atoms with Crippen molar-refractivity contribution >= 4 is 28.9 Å². The molecule has 0 spiro atoms. The van der Waals surface area contributed by atoms with Gasteiger partial charge in [0.15, 0.2) is 0 Å². The highest BCUT2D eigenvalue weighted by Crippen LogP contribution is 2.26. The molecule has 0 radical (unpaired) electrons. The molecule has 3 heteroatoms. The van der Waals surface area contributed by atoms with Gasteiger partial charge in [-0.05, 0) is 24.6 Å². The van der Waals surface area contributed by atoms with Gasteiger partial charge < -0.3 is 5.41 Å². The van der Waals surface area contributed by atoms with Crippen molar-refractivity contribution in [2.45, 2.75) is 19.8 Å². The third-order valence-corrected chi connectivity index (χ3v) is 2.83. The Labute approximate surface area is 88.2 Å². The highest BCUT2D eigenvalue weighted by Gasteiger charge is 2.08. The highest BCUT2D eigenvalue weighted by atomic mass is 35.5. The minimum atomic E-state index is 0.106. The molecule has 0 saturated heterocycles. The van der Waals surface area contributed by atoms with Crippen LogP contribution >= 0.6 is 23.2 Å². The molecule has 0 aromatic heterocycles. The second kappa shape index (κ2) is 4.12. The van der Waals surface area contributed by atoms with Gasteiger partial charge in [0.05, 0.1) is 10.0 Å². The minimum absolute atomic E-state index is 0.106. The molecule has 0 aliphatic heterocycles. The second-order valence-corrected chi connectivity index (χ2v) is 3.89. The van der Waals surface area contributed by atoms with Gasteiger partial charge in [0.2, 0.25) is 0 Å². The molecule has 13 heavy (non-hydrogen) atoms. The Hall–Kier alpha value is -0.530. The molecule has 0 saturated carbocycles. The van der Waals surface area contributed by atoms with E-state index >= 15 is 0 Å². The molecule has 1 nitrogen and oxygen atoms in total. The molecule has 1 atom stereocenters. The zero-order valence-corrected chi connectivity index (χ0v) is 9.08. The highest BCUT2D eigenvalue weighted by molar-refractivity contribution is 6.42. The first kappa shape index (κ1) is 10.6. The van der Waals surface area contributed by atoms with Crippen LogP contribution in [0.2, 0.25) is 10.0 Å². The zero-order valence-electron chi connectivity index (χ0n) is 7.57. The first-order valence-electron chi connectivity index (χ1n) is 4.02. The largest absolute Gasteiger partial charge is 0.309 e. The summed E-state index contributed by atoms with van der Waals surface area (Å²) < 4.78 is 0. The first-order valence-corrected chi connectivity index (χ1v) is 4.78. The first-order chi connectivity index (χ1) is 6.02. The summed E-state index contributed by atoms with van der Waals surface area (Å²) in [5.74, 6) is 0.106. The maximum absolute atomic E-state index is 7.49. The molecule has 1 aromatic carbocycles. The Morgan fingerprint density at radius 2 is 1.92 bits per heavy atom. The van der Waals surface area contributed by atoms with Gasteiger partial charge in [0.25, 0.3) is 0 Å². The molecule has 0 fully saturated rings. The van der Waals surface area contributed by atoms with Crippen LogP contribution in [0.15, 0.2) is 18.2 Å². The van der Waals surface area contributed by atoms with E-state index < -0.39 is 0 Å². The average Bonchev–Trinajstić information content (AvgIpc) is 2.08. The van der Waals surface area contributed by atoms with E-state index in [0.717, 1.165) is 5.56 Å². The number of hydrogen-bond donors (Lipinski definition) is 1. The average molecular weight is 216 g/mol. The van der Waals surface area contributed by atoms with Crippen LogP contribution < -0.4 is 0 Å². The minimum Gasteiger partial charge on any atom is -0.309 e. The Balaban J connectivity index is 3.03. The van der Waals surface area contributed by atoms with Crippen LogP contribution in [0, 0.1) is 5.41 Å². The van der Waals surface area contributed by atoms with E-state index in [9.17, 15) is 0 Å². The van der Waals surface area contributed by atoms with Crippen LogP contribution in [-0.2, 0) is 0 Å². The normalized spacial score (nSPS) is 12.6. The molecular formula is C10H11Cl2N. The molecule has 70 valence electrons. The molecule has 1 N–H and O–H groups in total. The molecule has 0 amide bonds. The van der Waals surface area contributed by atoms with Gasteiger partial charge in [-0.2, -0.15) is 0 Å². The van der Waals surface area contributed by atoms with Crippen molar-refractivity contribution < 1.29 is 0 Å². The lowest BCUT2D eigenvalue weighted by atomic mass is 9.97. The topological polar surface area (TPSA) is 23.9 Å². The van der Waals surface area contributed by atoms with E-state index in [4.69, 9.17) is 28.6 Å². The van der Waals surface area contributed by atoms with E-state index in [1.807, 2.05) is 19.1 Å². The predicted molar refractivity (Wildman–Crippen MR) is 58.3 cm³/mol. The monoisotopic (exact) mass is 215 g/mol. The van der Waals surface area contributed by atoms with Gasteiger partial charge in [-0.15, -0.1) is 0 Å². The standard InChI is InChI=1S/C10H11Cl2N/c1-6(7(2)13)8-3-4-9(11)10(12)5-8/h3-6,13H,1-2H3. The molecule has 0 bridgehead atoms. The zero-order chi connectivity index (χ0) is 10.0. The fourth-order valence-corrected chi connectivity index (χ4v) is 1.34. The van der Waals surface area contributed by atoms with Crippen LogP contribution in [0.5, 0.6) is 0 Å². The predicted octanol–water partition coefficient (Wildman–Crippen LogP) is 4.14. The Bertz CT molecular complexity index is 334. The van der Waals surface area contributed by atoms with Crippen molar-refractivity contribution in [2.75, 3.05) is 0 Å². The third-order valence-electron chi connectivity index (χ3n) is 2.09. The fraction of sp³-hybridized carbons (Fsp3) is 0.300. The van der Waals surface area contributed by atoms with Crippen molar-refractivity contribution in [3.8, 4) is 0 Å². The van der Waals surface area contributed by atoms with Gasteiger partial charge in [0.1, 0.15) is 0 Å². The van der Waals surface area contributed by atoms with Crippen LogP contribution in [0.3, 0.4) is 0 Å². The van der Waals surface area contributed by atoms with Crippen molar-refractivity contribution in [1.29, 1.82) is 5.41 Å². The second-order valence-electron chi connectivity index (χ2n) is 3.08. The SMILES string of the molecule is CC(=N)C(C)c1ccc(Cl)c(Cl)c1. The van der Waals surface area contributed by atoms with Gasteiger partial charge in [-0.3, -0.25) is 0 Å². The van der Waals surface area contributed by atoms with Gasteiger partial charge >= 0.3 is 0 Å². The van der Waals surface area contributed by atoms with Crippen LogP contribution in [0.4, 0.5) is 0 Å². The molecule has 1 rings (SSSR count). The Morgan fingerprint density at radius 3 is 2.38 bits per heavy atom. The van der Waals surface area contributed by atoms with E-state index in [1.54, 1.807) is 13.0 Å². The van der Waals surface area contributed by atoms with Crippen LogP contribution in [0.25, 0.3) is 0 Å². The van der Waals surface area contributed by atoms with Gasteiger partial charge in [-0.25, -0.2) is 0 Å². The van der Waals surface area contributed by atoms with Crippen LogP contribution in [0.1, 0.15) is 25.3 Å². The summed E-state index contributed by atoms with van der Waals surface area (Å²) in [7, 11) is 0. The number of benzene rings is 1. The van der Waals surface area contributed by atoms with Gasteiger partial charge in [0, 0.05) is 11.6 Å². The van der Waals surface area contributed by atoms with Crippen molar-refractivity contribution in [1.82, 2.24) is 0 Å². The summed E-state index contributed by atoms with van der Waals surface area (Å²) in [5.41, 5.74) is 1.65. The molecule has 0 heterocycles. The molecule has 1 unspecified atom stereocenters. The summed E-state index contributed by atoms with van der Waals surface area (Å²) in [5, 5.41) is 8.59. The van der Waals surface area contributed by atoms with E-state index in [0.29, 0.717) is 15.8 Å². The van der Waals surface area contributed by atoms with E-state index in [1.165, 1.54) is 0 Å². The van der Waals surface area contributed by atoms with Crippen molar-refractivity contribution in [3.63, 3.8) is 0 Å².